The van der Waals surface area contributed by atoms with Crippen LogP contribution in [-0.4, -0.2) is 11.4 Å². The number of hydrogen-bond donors (Lipinski definition) is 2. The van der Waals surface area contributed by atoms with Crippen LogP contribution in [0.15, 0.2) is 24.3 Å². The number of hydrogen-bond acceptors (Lipinski definition) is 2. The van der Waals surface area contributed by atoms with E-state index in [9.17, 15) is 4.79 Å². The molecule has 1 aromatic carbocycles. The van der Waals surface area contributed by atoms with Crippen molar-refractivity contribution in [1.29, 1.82) is 0 Å². The summed E-state index contributed by atoms with van der Waals surface area (Å²) in [5.41, 5.74) is 8.06. The fourth-order valence-electron chi connectivity index (χ4n) is 2.17. The van der Waals surface area contributed by atoms with Crippen LogP contribution in [0.4, 0.5) is 0 Å². The first kappa shape index (κ1) is 14.1. The lowest BCUT2D eigenvalue weighted by Crippen LogP contribution is -2.42. The van der Waals surface area contributed by atoms with Crippen molar-refractivity contribution in [3.05, 3.63) is 35.4 Å². The molecule has 1 fully saturated rings. The first-order chi connectivity index (χ1) is 8.71. The van der Waals surface area contributed by atoms with Crippen molar-refractivity contribution in [3.63, 3.8) is 0 Å². The van der Waals surface area contributed by atoms with Crippen LogP contribution in [0.5, 0.6) is 0 Å². The number of nitrogens with two attached hydrogens (primary N) is 1. The predicted octanol–water partition coefficient (Wildman–Crippen LogP) is 2.65. The molecule has 1 atom stereocenters. The molecular weight excluding hydrogens is 236 g/mol. The molecule has 0 radical (unpaired) electrons. The van der Waals surface area contributed by atoms with Gasteiger partial charge in [-0.25, -0.2) is 0 Å². The fraction of sp³-hybridized carbons (Fsp3) is 0.562. The van der Waals surface area contributed by atoms with Gasteiger partial charge in [-0.05, 0) is 51.7 Å². The molecule has 0 bridgehead atoms. The first-order valence-electron chi connectivity index (χ1n) is 6.93. The van der Waals surface area contributed by atoms with Crippen molar-refractivity contribution in [2.45, 2.75) is 57.5 Å². The van der Waals surface area contributed by atoms with Gasteiger partial charge in [0, 0.05) is 11.1 Å². The van der Waals surface area contributed by atoms with Crippen molar-refractivity contribution < 1.29 is 4.79 Å². The van der Waals surface area contributed by atoms with Gasteiger partial charge in [-0.3, -0.25) is 4.79 Å². The summed E-state index contributed by atoms with van der Waals surface area (Å²) >= 11 is 0. The Morgan fingerprint density at radius 2 is 2.00 bits per heavy atom. The van der Waals surface area contributed by atoms with Crippen molar-refractivity contribution in [2.24, 2.45) is 5.73 Å². The van der Waals surface area contributed by atoms with E-state index >= 15 is 0 Å². The highest BCUT2D eigenvalue weighted by Crippen LogP contribution is 2.43. The highest BCUT2D eigenvalue weighted by Gasteiger charge is 2.40. The summed E-state index contributed by atoms with van der Waals surface area (Å²) in [5.74, 6) is -0.0898. The maximum atomic E-state index is 12.2. The number of rotatable bonds is 3. The van der Waals surface area contributed by atoms with Crippen molar-refractivity contribution in [3.8, 4) is 0 Å². The second-order valence-corrected chi connectivity index (χ2v) is 6.74. The molecule has 1 aliphatic rings. The number of carbonyl (C=O) groups excluding carboxylic acids is 1. The molecule has 1 amide bonds. The maximum absolute atomic E-state index is 12.2. The Balaban J connectivity index is 2.15. The van der Waals surface area contributed by atoms with E-state index in [0.717, 1.165) is 24.0 Å². The third-order valence-corrected chi connectivity index (χ3v) is 3.64. The van der Waals surface area contributed by atoms with Gasteiger partial charge in [0.05, 0.1) is 5.92 Å². The molecule has 3 nitrogen and oxygen atoms in total. The largest absolute Gasteiger partial charge is 0.351 e. The Morgan fingerprint density at radius 1 is 1.37 bits per heavy atom. The molecule has 2 rings (SSSR count). The molecule has 1 aromatic rings. The average molecular weight is 260 g/mol. The maximum Gasteiger partial charge on any atom is 0.227 e. The predicted molar refractivity (Wildman–Crippen MR) is 77.9 cm³/mol. The number of nitrogens with one attached hydrogen (secondary N) is 1. The highest BCUT2D eigenvalue weighted by atomic mass is 16.2. The molecule has 1 aliphatic carbocycles. The lowest BCUT2D eigenvalue weighted by atomic mass is 9.94. The molecule has 19 heavy (non-hydrogen) atoms. The van der Waals surface area contributed by atoms with Gasteiger partial charge in [0.15, 0.2) is 0 Å². The molecule has 3 N–H and O–H groups in total. The minimum atomic E-state index is -0.200. The zero-order valence-corrected chi connectivity index (χ0v) is 12.3. The number of amides is 1. The van der Waals surface area contributed by atoms with Crippen LogP contribution in [0.3, 0.4) is 0 Å². The third-order valence-electron chi connectivity index (χ3n) is 3.64. The second-order valence-electron chi connectivity index (χ2n) is 6.74. The van der Waals surface area contributed by atoms with Crippen LogP contribution in [0.25, 0.3) is 0 Å². The van der Waals surface area contributed by atoms with Crippen LogP contribution in [0.2, 0.25) is 0 Å². The van der Waals surface area contributed by atoms with Gasteiger partial charge in [-0.2, -0.15) is 0 Å². The van der Waals surface area contributed by atoms with Gasteiger partial charge >= 0.3 is 0 Å². The van der Waals surface area contributed by atoms with Crippen LogP contribution < -0.4 is 11.1 Å². The van der Waals surface area contributed by atoms with Gasteiger partial charge in [-0.1, -0.05) is 24.3 Å². The Hall–Kier alpha value is -1.35. The minimum absolute atomic E-state index is 0.0616. The quantitative estimate of drug-likeness (QED) is 0.878. The standard InChI is InChI=1S/C16H24N2O/c1-11(14(19)18-15(2,3)4)12-6-5-7-13(10-12)16(17)8-9-16/h5-7,10-11H,8-9,17H2,1-4H3,(H,18,19). The van der Waals surface area contributed by atoms with Gasteiger partial charge < -0.3 is 11.1 Å². The SMILES string of the molecule is CC(C(=O)NC(C)(C)C)c1cccc(C2(N)CC2)c1. The average Bonchev–Trinajstić information content (AvgIpc) is 3.06. The van der Waals surface area contributed by atoms with Crippen LogP contribution in [0, 0.1) is 0 Å². The van der Waals surface area contributed by atoms with Crippen molar-refractivity contribution >= 4 is 5.91 Å². The zero-order chi connectivity index (χ0) is 14.3. The Morgan fingerprint density at radius 3 is 2.53 bits per heavy atom. The summed E-state index contributed by atoms with van der Waals surface area (Å²) in [7, 11) is 0. The minimum Gasteiger partial charge on any atom is -0.351 e. The van der Waals surface area contributed by atoms with Gasteiger partial charge in [0.2, 0.25) is 5.91 Å². The van der Waals surface area contributed by atoms with Crippen molar-refractivity contribution in [2.75, 3.05) is 0 Å². The van der Waals surface area contributed by atoms with E-state index in [1.54, 1.807) is 0 Å². The lowest BCUT2D eigenvalue weighted by Gasteiger charge is -2.24. The second kappa shape index (κ2) is 4.64. The van der Waals surface area contributed by atoms with Crippen molar-refractivity contribution in [1.82, 2.24) is 5.32 Å². The van der Waals surface area contributed by atoms with Crippen LogP contribution in [0.1, 0.15) is 57.6 Å². The Kier molecular flexibility index (Phi) is 3.43. The topological polar surface area (TPSA) is 55.1 Å². The van der Waals surface area contributed by atoms with Crippen LogP contribution >= 0.6 is 0 Å². The zero-order valence-electron chi connectivity index (χ0n) is 12.3. The van der Waals surface area contributed by atoms with Gasteiger partial charge in [0.1, 0.15) is 0 Å². The third kappa shape index (κ3) is 3.35. The molecule has 0 aromatic heterocycles. The Bertz CT molecular complexity index is 484. The summed E-state index contributed by atoms with van der Waals surface area (Å²) in [6.07, 6.45) is 2.08. The van der Waals surface area contributed by atoms with E-state index in [1.807, 2.05) is 39.8 Å². The Labute approximate surface area is 115 Å². The molecule has 104 valence electrons. The number of carbonyl (C=O) groups is 1. The van der Waals surface area contributed by atoms with Gasteiger partial charge in [-0.15, -0.1) is 0 Å². The molecule has 0 saturated heterocycles. The van der Waals surface area contributed by atoms with E-state index in [2.05, 4.69) is 17.4 Å². The van der Waals surface area contributed by atoms with E-state index in [4.69, 9.17) is 5.73 Å². The normalized spacial score (nSPS) is 18.8. The summed E-state index contributed by atoms with van der Waals surface area (Å²) in [5, 5.41) is 3.02. The summed E-state index contributed by atoms with van der Waals surface area (Å²) < 4.78 is 0. The smallest absolute Gasteiger partial charge is 0.227 e. The molecule has 0 spiro atoms. The molecule has 1 saturated carbocycles. The molecule has 1 unspecified atom stereocenters. The highest BCUT2D eigenvalue weighted by molar-refractivity contribution is 5.83. The molecule has 3 heteroatoms. The van der Waals surface area contributed by atoms with E-state index in [0.29, 0.717) is 0 Å². The van der Waals surface area contributed by atoms with E-state index in [1.165, 1.54) is 0 Å². The summed E-state index contributed by atoms with van der Waals surface area (Å²) in [4.78, 5) is 12.2. The monoisotopic (exact) mass is 260 g/mol. The van der Waals surface area contributed by atoms with Gasteiger partial charge in [0.25, 0.3) is 0 Å². The summed E-state index contributed by atoms with van der Waals surface area (Å²) in [6.45, 7) is 7.92. The fourth-order valence-corrected chi connectivity index (χ4v) is 2.17. The van der Waals surface area contributed by atoms with E-state index < -0.39 is 0 Å². The lowest BCUT2D eigenvalue weighted by molar-refractivity contribution is -0.123. The molecular formula is C16H24N2O. The first-order valence-corrected chi connectivity index (χ1v) is 6.93. The molecule has 0 heterocycles. The number of benzene rings is 1. The van der Waals surface area contributed by atoms with Crippen LogP contribution in [-0.2, 0) is 10.3 Å². The summed E-state index contributed by atoms with van der Waals surface area (Å²) in [6, 6.07) is 8.14. The van der Waals surface area contributed by atoms with E-state index in [-0.39, 0.29) is 22.9 Å². The molecule has 0 aliphatic heterocycles.